The Morgan fingerprint density at radius 2 is 1.77 bits per heavy atom. The molecule has 70 valence electrons. The molecule has 1 aromatic rings. The molecule has 0 fully saturated rings. The molecule has 0 heterocycles. The lowest BCUT2D eigenvalue weighted by Crippen LogP contribution is -1.86. The third kappa shape index (κ3) is 2.33. The summed E-state index contributed by atoms with van der Waals surface area (Å²) in [4.78, 5) is 0. The Bertz CT molecular complexity index is 304. The molecule has 0 aliphatic carbocycles. The fraction of sp³-hybridized carbons (Fsp3) is 0.273. The molecule has 0 spiro atoms. The van der Waals surface area contributed by atoms with Crippen LogP contribution in [0.1, 0.15) is 16.7 Å². The number of hydrogen-bond acceptors (Lipinski definition) is 2. The number of benzene rings is 1. The van der Waals surface area contributed by atoms with Gasteiger partial charge in [0.25, 0.3) is 0 Å². The van der Waals surface area contributed by atoms with Crippen molar-refractivity contribution in [3.8, 4) is 5.75 Å². The van der Waals surface area contributed by atoms with E-state index in [9.17, 15) is 5.11 Å². The number of aryl methyl sites for hydroxylation is 2. The SMILES string of the molecule is Cc1cc(O)cc(C)c1C=CCO. The molecule has 0 bridgehead atoms. The highest BCUT2D eigenvalue weighted by molar-refractivity contribution is 5.59. The highest BCUT2D eigenvalue weighted by atomic mass is 16.3. The zero-order valence-corrected chi connectivity index (χ0v) is 7.91. The summed E-state index contributed by atoms with van der Waals surface area (Å²) in [5, 5.41) is 17.9. The number of phenolic OH excluding ortho intramolecular Hbond substituents is 1. The van der Waals surface area contributed by atoms with Crippen LogP contribution in [0.25, 0.3) is 6.08 Å². The van der Waals surface area contributed by atoms with Crippen molar-refractivity contribution < 1.29 is 10.2 Å². The topological polar surface area (TPSA) is 40.5 Å². The minimum absolute atomic E-state index is 0.0414. The molecule has 0 aliphatic heterocycles. The molecule has 2 heteroatoms. The van der Waals surface area contributed by atoms with Gasteiger partial charge in [0.2, 0.25) is 0 Å². The molecule has 0 aromatic heterocycles. The molecule has 1 rings (SSSR count). The molecular weight excluding hydrogens is 164 g/mol. The Hall–Kier alpha value is -1.28. The van der Waals surface area contributed by atoms with Crippen molar-refractivity contribution in [2.24, 2.45) is 0 Å². The summed E-state index contributed by atoms with van der Waals surface area (Å²) in [6, 6.07) is 3.42. The van der Waals surface area contributed by atoms with E-state index in [1.165, 1.54) is 0 Å². The molecule has 2 nitrogen and oxygen atoms in total. The van der Waals surface area contributed by atoms with Crippen LogP contribution in [0, 0.1) is 13.8 Å². The standard InChI is InChI=1S/C11H14O2/c1-8-6-10(13)7-9(2)11(8)4-3-5-12/h3-4,6-7,12-13H,5H2,1-2H3. The minimum Gasteiger partial charge on any atom is -0.508 e. The third-order valence-corrected chi connectivity index (χ3v) is 1.97. The molecule has 13 heavy (non-hydrogen) atoms. The van der Waals surface area contributed by atoms with E-state index in [1.54, 1.807) is 18.2 Å². The van der Waals surface area contributed by atoms with E-state index in [2.05, 4.69) is 0 Å². The van der Waals surface area contributed by atoms with Crippen LogP contribution in [0.15, 0.2) is 18.2 Å². The van der Waals surface area contributed by atoms with E-state index in [0.29, 0.717) is 0 Å². The largest absolute Gasteiger partial charge is 0.508 e. The average molecular weight is 178 g/mol. The van der Waals surface area contributed by atoms with Gasteiger partial charge in [0.1, 0.15) is 5.75 Å². The van der Waals surface area contributed by atoms with Gasteiger partial charge in [-0.2, -0.15) is 0 Å². The second-order valence-electron chi connectivity index (χ2n) is 3.08. The smallest absolute Gasteiger partial charge is 0.116 e. The number of aliphatic hydroxyl groups is 1. The van der Waals surface area contributed by atoms with Crippen LogP contribution < -0.4 is 0 Å². The van der Waals surface area contributed by atoms with Gasteiger partial charge in [0, 0.05) is 0 Å². The second-order valence-corrected chi connectivity index (χ2v) is 3.08. The zero-order chi connectivity index (χ0) is 9.84. The Morgan fingerprint density at radius 1 is 1.23 bits per heavy atom. The monoisotopic (exact) mass is 178 g/mol. The van der Waals surface area contributed by atoms with Gasteiger partial charge in [-0.3, -0.25) is 0 Å². The van der Waals surface area contributed by atoms with Crippen LogP contribution in [-0.4, -0.2) is 16.8 Å². The van der Waals surface area contributed by atoms with E-state index >= 15 is 0 Å². The molecule has 0 saturated carbocycles. The molecule has 1 aromatic carbocycles. The summed E-state index contributed by atoms with van der Waals surface area (Å²) >= 11 is 0. The highest BCUT2D eigenvalue weighted by Crippen LogP contribution is 2.21. The quantitative estimate of drug-likeness (QED) is 0.727. The summed E-state index contributed by atoms with van der Waals surface area (Å²) in [6.07, 6.45) is 3.55. The van der Waals surface area contributed by atoms with E-state index in [0.717, 1.165) is 16.7 Å². The summed E-state index contributed by atoms with van der Waals surface area (Å²) < 4.78 is 0. The van der Waals surface area contributed by atoms with Gasteiger partial charge in [-0.05, 0) is 42.7 Å². The van der Waals surface area contributed by atoms with Gasteiger partial charge in [-0.1, -0.05) is 12.2 Å². The van der Waals surface area contributed by atoms with Crippen molar-refractivity contribution in [1.82, 2.24) is 0 Å². The number of rotatable bonds is 2. The molecule has 2 N–H and O–H groups in total. The van der Waals surface area contributed by atoms with Gasteiger partial charge >= 0.3 is 0 Å². The highest BCUT2D eigenvalue weighted by Gasteiger charge is 2.00. The van der Waals surface area contributed by atoms with Gasteiger partial charge in [0.05, 0.1) is 6.61 Å². The Labute approximate surface area is 78.2 Å². The van der Waals surface area contributed by atoms with E-state index in [-0.39, 0.29) is 12.4 Å². The Kier molecular flexibility index (Phi) is 3.09. The van der Waals surface area contributed by atoms with Crippen LogP contribution in [-0.2, 0) is 0 Å². The van der Waals surface area contributed by atoms with Crippen LogP contribution in [0.3, 0.4) is 0 Å². The van der Waals surface area contributed by atoms with E-state index in [1.807, 2.05) is 19.9 Å². The second kappa shape index (κ2) is 4.10. The molecular formula is C11H14O2. The lowest BCUT2D eigenvalue weighted by Gasteiger charge is -2.05. The maximum Gasteiger partial charge on any atom is 0.116 e. The van der Waals surface area contributed by atoms with Crippen molar-refractivity contribution >= 4 is 6.08 Å². The number of aromatic hydroxyl groups is 1. The van der Waals surface area contributed by atoms with Gasteiger partial charge in [-0.25, -0.2) is 0 Å². The fourth-order valence-corrected chi connectivity index (χ4v) is 1.39. The first-order valence-corrected chi connectivity index (χ1v) is 4.22. The van der Waals surface area contributed by atoms with Crippen LogP contribution in [0.4, 0.5) is 0 Å². The summed E-state index contributed by atoms with van der Waals surface area (Å²) in [6.45, 7) is 3.91. The normalized spacial score (nSPS) is 11.0. The van der Waals surface area contributed by atoms with Crippen molar-refractivity contribution in [2.45, 2.75) is 13.8 Å². The van der Waals surface area contributed by atoms with Gasteiger partial charge in [0.15, 0.2) is 0 Å². The van der Waals surface area contributed by atoms with Crippen LogP contribution >= 0.6 is 0 Å². The Morgan fingerprint density at radius 3 is 2.23 bits per heavy atom. The molecule has 0 atom stereocenters. The van der Waals surface area contributed by atoms with E-state index < -0.39 is 0 Å². The third-order valence-electron chi connectivity index (χ3n) is 1.97. The lowest BCUT2D eigenvalue weighted by molar-refractivity contribution is 0.343. The molecule has 0 saturated heterocycles. The first-order chi connectivity index (χ1) is 6.15. The van der Waals surface area contributed by atoms with Crippen LogP contribution in [0.2, 0.25) is 0 Å². The molecule has 0 unspecified atom stereocenters. The number of hydrogen-bond donors (Lipinski definition) is 2. The van der Waals surface area contributed by atoms with Crippen LogP contribution in [0.5, 0.6) is 5.75 Å². The predicted octanol–water partition coefficient (Wildman–Crippen LogP) is 2.01. The number of phenols is 1. The summed E-state index contributed by atoms with van der Waals surface area (Å²) in [5.74, 6) is 0.288. The fourth-order valence-electron chi connectivity index (χ4n) is 1.39. The van der Waals surface area contributed by atoms with Crippen molar-refractivity contribution in [1.29, 1.82) is 0 Å². The molecule has 0 aliphatic rings. The van der Waals surface area contributed by atoms with Gasteiger partial charge in [-0.15, -0.1) is 0 Å². The van der Waals surface area contributed by atoms with E-state index in [4.69, 9.17) is 5.11 Å². The van der Waals surface area contributed by atoms with Crippen molar-refractivity contribution in [3.63, 3.8) is 0 Å². The van der Waals surface area contributed by atoms with Gasteiger partial charge < -0.3 is 10.2 Å². The molecule has 0 amide bonds. The lowest BCUT2D eigenvalue weighted by atomic mass is 10.0. The van der Waals surface area contributed by atoms with Crippen molar-refractivity contribution in [3.05, 3.63) is 34.9 Å². The maximum atomic E-state index is 9.27. The average Bonchev–Trinajstić information content (AvgIpc) is 2.02. The number of aliphatic hydroxyl groups excluding tert-OH is 1. The maximum absolute atomic E-state index is 9.27. The summed E-state index contributed by atoms with van der Waals surface area (Å²) in [7, 11) is 0. The predicted molar refractivity (Wildman–Crippen MR) is 53.7 cm³/mol. The minimum atomic E-state index is 0.0414. The summed E-state index contributed by atoms with van der Waals surface area (Å²) in [5.41, 5.74) is 3.09. The van der Waals surface area contributed by atoms with Crippen molar-refractivity contribution in [2.75, 3.05) is 6.61 Å². The first-order valence-electron chi connectivity index (χ1n) is 4.22. The Balaban J connectivity index is 3.13. The molecule has 0 radical (unpaired) electrons. The first kappa shape index (κ1) is 9.81. The zero-order valence-electron chi connectivity index (χ0n) is 7.91.